The van der Waals surface area contributed by atoms with E-state index in [1.807, 2.05) is 91.0 Å². The number of ether oxygens (including phenoxy) is 2. The fourth-order valence-corrected chi connectivity index (χ4v) is 3.57. The van der Waals surface area contributed by atoms with Gasteiger partial charge in [0.1, 0.15) is 36.9 Å². The number of nitrogens with zero attached hydrogens (tertiary/aromatic N) is 3. The summed E-state index contributed by atoms with van der Waals surface area (Å²) in [6.07, 6.45) is 2.66. The second-order valence-corrected chi connectivity index (χ2v) is 8.29. The molecule has 5 rings (SSSR count). The highest BCUT2D eigenvalue weighted by molar-refractivity contribution is 5.31. The highest BCUT2D eigenvalue weighted by Crippen LogP contribution is 2.17. The summed E-state index contributed by atoms with van der Waals surface area (Å²) in [7, 11) is 0. The number of H-pyrrole nitrogens is 1. The van der Waals surface area contributed by atoms with Crippen molar-refractivity contribution >= 4 is 0 Å². The Labute approximate surface area is 217 Å². The molecule has 0 radical (unpaired) electrons. The van der Waals surface area contributed by atoms with E-state index >= 15 is 0 Å². The van der Waals surface area contributed by atoms with Crippen molar-refractivity contribution in [2.75, 3.05) is 0 Å². The van der Waals surface area contributed by atoms with Crippen LogP contribution >= 0.6 is 0 Å². The first-order valence-corrected chi connectivity index (χ1v) is 12.0. The minimum atomic E-state index is 0.419. The van der Waals surface area contributed by atoms with Gasteiger partial charge in [0.15, 0.2) is 0 Å². The minimum Gasteiger partial charge on any atom is -0.489 e. The van der Waals surface area contributed by atoms with Crippen LogP contribution in [0.5, 0.6) is 11.5 Å². The van der Waals surface area contributed by atoms with Gasteiger partial charge >= 0.3 is 0 Å². The summed E-state index contributed by atoms with van der Waals surface area (Å²) in [6.45, 7) is 1.13. The van der Waals surface area contributed by atoms with Crippen molar-refractivity contribution in [1.82, 2.24) is 15.2 Å². The van der Waals surface area contributed by atoms with Gasteiger partial charge in [0.05, 0.1) is 12.5 Å². The molecule has 0 amide bonds. The number of hydrogen-bond donors (Lipinski definition) is 1. The third-order valence-corrected chi connectivity index (χ3v) is 5.41. The molecule has 0 aliphatic heterocycles. The van der Waals surface area contributed by atoms with Crippen LogP contribution in [0.1, 0.15) is 28.1 Å². The first kappa shape index (κ1) is 25.2. The lowest BCUT2D eigenvalue weighted by Gasteiger charge is -2.07. The van der Waals surface area contributed by atoms with Gasteiger partial charge in [-0.1, -0.05) is 84.9 Å². The Bertz CT molecular complexity index is 1380. The van der Waals surface area contributed by atoms with Crippen LogP contribution in [0, 0.1) is 11.3 Å². The molecular formula is C31H28N4O2. The van der Waals surface area contributed by atoms with Gasteiger partial charge in [-0.05, 0) is 46.5 Å². The molecule has 0 bridgehead atoms. The lowest BCUT2D eigenvalue weighted by atomic mass is 10.1. The summed E-state index contributed by atoms with van der Waals surface area (Å²) in [4.78, 5) is 4.13. The molecule has 37 heavy (non-hydrogen) atoms. The second kappa shape index (κ2) is 13.9. The maximum Gasteiger partial charge on any atom is 0.137 e. The van der Waals surface area contributed by atoms with Gasteiger partial charge in [-0.25, -0.2) is 4.98 Å². The molecule has 4 aromatic carbocycles. The molecule has 6 nitrogen and oxygen atoms in total. The zero-order valence-electron chi connectivity index (χ0n) is 20.5. The van der Waals surface area contributed by atoms with Gasteiger partial charge in [0, 0.05) is 6.42 Å². The molecule has 1 aromatic heterocycles. The maximum atomic E-state index is 8.63. The second-order valence-electron chi connectivity index (χ2n) is 8.29. The zero-order chi connectivity index (χ0) is 25.5. The van der Waals surface area contributed by atoms with Gasteiger partial charge in [-0.15, -0.1) is 0 Å². The summed E-state index contributed by atoms with van der Waals surface area (Å²) >= 11 is 0. The fourth-order valence-electron chi connectivity index (χ4n) is 3.57. The molecule has 0 aliphatic carbocycles. The topological polar surface area (TPSA) is 83.8 Å². The molecular weight excluding hydrogens is 460 g/mol. The molecule has 1 N–H and O–H groups in total. The van der Waals surface area contributed by atoms with E-state index in [0.29, 0.717) is 19.6 Å². The average molecular weight is 489 g/mol. The first-order chi connectivity index (χ1) is 18.3. The maximum absolute atomic E-state index is 8.63. The lowest BCUT2D eigenvalue weighted by molar-refractivity contribution is 0.306. The lowest BCUT2D eigenvalue weighted by Crippen LogP contribution is -1.96. The normalized spacial score (nSPS) is 10.0. The average Bonchev–Trinajstić information content (AvgIpc) is 3.46. The number of benzene rings is 4. The smallest absolute Gasteiger partial charge is 0.137 e. The molecule has 5 aromatic rings. The molecule has 0 atom stereocenters. The largest absolute Gasteiger partial charge is 0.489 e. The zero-order valence-corrected chi connectivity index (χ0v) is 20.5. The van der Waals surface area contributed by atoms with Gasteiger partial charge < -0.3 is 9.47 Å². The SMILES string of the molecule is N#CCc1cccc(OCc2ccccc2)c1.c1ccc(COc2cccc(Cc3ncn[nH]3)c2)cc1. The van der Waals surface area contributed by atoms with E-state index in [1.165, 1.54) is 6.33 Å². The Balaban J connectivity index is 0.000000176. The van der Waals surface area contributed by atoms with Crippen molar-refractivity contribution in [2.45, 2.75) is 26.1 Å². The summed E-state index contributed by atoms with van der Waals surface area (Å²) in [5.74, 6) is 2.53. The molecule has 0 unspecified atom stereocenters. The van der Waals surface area contributed by atoms with Crippen molar-refractivity contribution in [3.05, 3.63) is 144 Å². The van der Waals surface area contributed by atoms with Crippen molar-refractivity contribution in [1.29, 1.82) is 5.26 Å². The van der Waals surface area contributed by atoms with Crippen LogP contribution in [0.2, 0.25) is 0 Å². The van der Waals surface area contributed by atoms with E-state index in [9.17, 15) is 0 Å². The number of rotatable bonds is 9. The number of hydrogen-bond acceptors (Lipinski definition) is 5. The van der Waals surface area contributed by atoms with Crippen LogP contribution in [0.15, 0.2) is 116 Å². The van der Waals surface area contributed by atoms with E-state index in [2.05, 4.69) is 39.4 Å². The van der Waals surface area contributed by atoms with Crippen molar-refractivity contribution in [3.63, 3.8) is 0 Å². The standard InChI is InChI=1S/C16H15N3O.C15H13NO/c1-2-5-13(6-3-1)11-20-15-8-4-7-14(9-15)10-16-17-12-18-19-16;16-10-9-13-7-4-8-15(11-13)17-12-14-5-2-1-3-6-14/h1-9,12H,10-11H2,(H,17,18,19);1-8,11H,9,12H2. The van der Waals surface area contributed by atoms with Crippen LogP contribution in [0.3, 0.4) is 0 Å². The van der Waals surface area contributed by atoms with Crippen LogP contribution < -0.4 is 9.47 Å². The number of aromatic amines is 1. The molecule has 0 spiro atoms. The van der Waals surface area contributed by atoms with E-state index in [1.54, 1.807) is 0 Å². The Morgan fingerprint density at radius 1 is 0.649 bits per heavy atom. The predicted octanol–water partition coefficient (Wildman–Crippen LogP) is 6.31. The van der Waals surface area contributed by atoms with Crippen molar-refractivity contribution in [2.24, 2.45) is 0 Å². The van der Waals surface area contributed by atoms with Crippen LogP contribution in [-0.2, 0) is 26.1 Å². The minimum absolute atomic E-state index is 0.419. The van der Waals surface area contributed by atoms with Gasteiger partial charge in [0.2, 0.25) is 0 Å². The monoisotopic (exact) mass is 488 g/mol. The van der Waals surface area contributed by atoms with Gasteiger partial charge in [-0.3, -0.25) is 5.10 Å². The molecule has 0 saturated heterocycles. The Hall–Kier alpha value is -4.89. The van der Waals surface area contributed by atoms with Crippen molar-refractivity contribution < 1.29 is 9.47 Å². The van der Waals surface area contributed by atoms with E-state index in [4.69, 9.17) is 14.7 Å². The number of nitriles is 1. The summed E-state index contributed by atoms with van der Waals surface area (Å²) in [5.41, 5.74) is 4.43. The van der Waals surface area contributed by atoms with Crippen LogP contribution in [0.25, 0.3) is 0 Å². The summed E-state index contributed by atoms with van der Waals surface area (Å²) in [5, 5.41) is 15.3. The third-order valence-electron chi connectivity index (χ3n) is 5.41. The quantitative estimate of drug-likeness (QED) is 0.263. The van der Waals surface area contributed by atoms with Crippen molar-refractivity contribution in [3.8, 4) is 17.6 Å². The summed E-state index contributed by atoms with van der Waals surface area (Å²) < 4.78 is 11.5. The van der Waals surface area contributed by atoms with E-state index < -0.39 is 0 Å². The molecule has 0 aliphatic rings. The molecule has 6 heteroatoms. The highest BCUT2D eigenvalue weighted by atomic mass is 16.5. The van der Waals surface area contributed by atoms with E-state index in [-0.39, 0.29) is 0 Å². The summed E-state index contributed by atoms with van der Waals surface area (Å²) in [6, 6.07) is 38.0. The highest BCUT2D eigenvalue weighted by Gasteiger charge is 2.02. The van der Waals surface area contributed by atoms with Gasteiger partial charge in [-0.2, -0.15) is 10.4 Å². The molecule has 1 heterocycles. The Morgan fingerprint density at radius 3 is 1.73 bits per heavy atom. The first-order valence-electron chi connectivity index (χ1n) is 12.0. The third kappa shape index (κ3) is 8.68. The Kier molecular flexibility index (Phi) is 9.44. The van der Waals surface area contributed by atoms with Gasteiger partial charge in [0.25, 0.3) is 0 Å². The molecule has 0 fully saturated rings. The van der Waals surface area contributed by atoms with E-state index in [0.717, 1.165) is 46.0 Å². The van der Waals surface area contributed by atoms with Crippen LogP contribution in [0.4, 0.5) is 0 Å². The molecule has 184 valence electrons. The van der Waals surface area contributed by atoms with Crippen LogP contribution in [-0.4, -0.2) is 15.2 Å². The molecule has 0 saturated carbocycles. The fraction of sp³-hybridized carbons (Fsp3) is 0.129. The number of aromatic nitrogens is 3. The number of nitrogens with one attached hydrogen (secondary N) is 1. The Morgan fingerprint density at radius 2 is 1.19 bits per heavy atom. The predicted molar refractivity (Wildman–Crippen MR) is 143 cm³/mol.